The van der Waals surface area contributed by atoms with Crippen molar-refractivity contribution in [3.8, 4) is 17.2 Å². The summed E-state index contributed by atoms with van der Waals surface area (Å²) < 4.78 is 11.3. The van der Waals surface area contributed by atoms with E-state index in [0.29, 0.717) is 28.5 Å². The second-order valence-electron chi connectivity index (χ2n) is 7.77. The highest BCUT2D eigenvalue weighted by molar-refractivity contribution is 7.80. The van der Waals surface area contributed by atoms with Crippen LogP contribution in [0, 0.1) is 0 Å². The smallest absolute Gasteiger partial charge is 0.270 e. The van der Waals surface area contributed by atoms with Gasteiger partial charge in [0.15, 0.2) is 5.11 Å². The van der Waals surface area contributed by atoms with Gasteiger partial charge in [-0.15, -0.1) is 0 Å². The highest BCUT2D eigenvalue weighted by Gasteiger charge is 2.34. The number of carbonyl (C=O) groups excluding carboxylic acids is 2. The zero-order valence-electron chi connectivity index (χ0n) is 18.7. The van der Waals surface area contributed by atoms with Gasteiger partial charge in [-0.05, 0) is 71.5 Å². The first-order valence-electron chi connectivity index (χ1n) is 10.9. The van der Waals surface area contributed by atoms with Crippen LogP contribution in [0.4, 0.5) is 5.69 Å². The average molecular weight is 481 g/mol. The second kappa shape index (κ2) is 9.40. The van der Waals surface area contributed by atoms with E-state index < -0.39 is 11.8 Å². The van der Waals surface area contributed by atoms with Crippen molar-refractivity contribution < 1.29 is 19.1 Å². The summed E-state index contributed by atoms with van der Waals surface area (Å²) in [5, 5.41) is 4.46. The third kappa shape index (κ3) is 4.37. The molecular weight excluding hydrogens is 460 g/mol. The van der Waals surface area contributed by atoms with Gasteiger partial charge in [0.2, 0.25) is 0 Å². The summed E-state index contributed by atoms with van der Waals surface area (Å²) >= 11 is 5.33. The van der Waals surface area contributed by atoms with Gasteiger partial charge in [-0.1, -0.05) is 48.5 Å². The molecule has 1 fully saturated rings. The minimum atomic E-state index is -0.560. The minimum Gasteiger partial charge on any atom is -0.496 e. The zero-order chi connectivity index (χ0) is 24.4. The molecule has 35 heavy (non-hydrogen) atoms. The highest BCUT2D eigenvalue weighted by Crippen LogP contribution is 2.32. The van der Waals surface area contributed by atoms with Gasteiger partial charge >= 0.3 is 0 Å². The van der Waals surface area contributed by atoms with Crippen LogP contribution in [0.2, 0.25) is 0 Å². The van der Waals surface area contributed by atoms with Crippen LogP contribution in [0.1, 0.15) is 5.56 Å². The Morgan fingerprint density at radius 2 is 1.51 bits per heavy atom. The van der Waals surface area contributed by atoms with Crippen LogP contribution in [0.15, 0.2) is 96.6 Å². The van der Waals surface area contributed by atoms with E-state index in [-0.39, 0.29) is 10.7 Å². The molecule has 4 aromatic rings. The molecule has 0 unspecified atom stereocenters. The number of ether oxygens (including phenoxy) is 2. The van der Waals surface area contributed by atoms with Crippen LogP contribution < -0.4 is 19.7 Å². The molecule has 0 atom stereocenters. The molecule has 5 rings (SSSR count). The molecule has 1 aliphatic heterocycles. The molecule has 0 saturated carbocycles. The van der Waals surface area contributed by atoms with Crippen molar-refractivity contribution in [2.45, 2.75) is 0 Å². The number of carbonyl (C=O) groups is 2. The predicted octanol–water partition coefficient (Wildman–Crippen LogP) is 5.47. The number of anilines is 1. The Bertz CT molecular complexity index is 1480. The number of amides is 2. The lowest BCUT2D eigenvalue weighted by molar-refractivity contribution is -0.122. The molecule has 1 saturated heterocycles. The maximum atomic E-state index is 13.5. The highest BCUT2D eigenvalue weighted by atomic mass is 32.1. The number of methoxy groups -OCH3 is 1. The number of para-hydroxylation sites is 1. The molecule has 172 valence electrons. The normalized spacial score (nSPS) is 14.8. The summed E-state index contributed by atoms with van der Waals surface area (Å²) in [6, 6.07) is 27.7. The molecule has 7 heteroatoms. The number of benzene rings is 4. The number of hydrogen-bond acceptors (Lipinski definition) is 5. The van der Waals surface area contributed by atoms with Crippen molar-refractivity contribution in [1.82, 2.24) is 5.32 Å². The molecule has 0 bridgehead atoms. The van der Waals surface area contributed by atoms with Crippen LogP contribution in [0.5, 0.6) is 17.2 Å². The molecule has 2 amide bonds. The van der Waals surface area contributed by atoms with Gasteiger partial charge in [0, 0.05) is 5.56 Å². The van der Waals surface area contributed by atoms with Crippen molar-refractivity contribution in [2.75, 3.05) is 12.0 Å². The van der Waals surface area contributed by atoms with Crippen LogP contribution in [0.3, 0.4) is 0 Å². The third-order valence-electron chi connectivity index (χ3n) is 5.61. The first-order chi connectivity index (χ1) is 17.0. The molecular formula is C28H20N2O4S. The van der Waals surface area contributed by atoms with Gasteiger partial charge in [-0.25, -0.2) is 0 Å². The van der Waals surface area contributed by atoms with Crippen LogP contribution in [0.25, 0.3) is 16.8 Å². The zero-order valence-corrected chi connectivity index (χ0v) is 19.5. The Labute approximate surface area is 207 Å². The molecule has 0 aliphatic carbocycles. The maximum Gasteiger partial charge on any atom is 0.270 e. The van der Waals surface area contributed by atoms with Crippen molar-refractivity contribution >= 4 is 51.7 Å². The molecule has 0 spiro atoms. The van der Waals surface area contributed by atoms with E-state index in [1.165, 1.54) is 4.90 Å². The van der Waals surface area contributed by atoms with Crippen molar-refractivity contribution in [3.05, 3.63) is 102 Å². The number of hydrogen-bond donors (Lipinski definition) is 1. The molecule has 4 aromatic carbocycles. The van der Waals surface area contributed by atoms with Crippen molar-refractivity contribution in [3.63, 3.8) is 0 Å². The Kier molecular flexibility index (Phi) is 5.99. The van der Waals surface area contributed by atoms with E-state index in [2.05, 4.69) is 5.32 Å². The summed E-state index contributed by atoms with van der Waals surface area (Å²) in [7, 11) is 1.55. The lowest BCUT2D eigenvalue weighted by Gasteiger charge is -2.29. The summed E-state index contributed by atoms with van der Waals surface area (Å²) in [5.41, 5.74) is 1.11. The molecule has 0 radical (unpaired) electrons. The van der Waals surface area contributed by atoms with Gasteiger partial charge in [0.1, 0.15) is 22.8 Å². The Hall–Kier alpha value is -4.49. The SMILES string of the molecule is COc1ccc2ccccc2c1C=C1C(=O)NC(=S)N(c2ccc(Oc3ccccc3)cc2)C1=O. The molecule has 1 N–H and O–H groups in total. The fourth-order valence-corrected chi connectivity index (χ4v) is 4.21. The summed E-state index contributed by atoms with van der Waals surface area (Å²) in [5.74, 6) is 0.779. The van der Waals surface area contributed by atoms with E-state index in [1.807, 2.05) is 66.7 Å². The lowest BCUT2D eigenvalue weighted by atomic mass is 9.99. The predicted molar refractivity (Wildman–Crippen MR) is 140 cm³/mol. The largest absolute Gasteiger partial charge is 0.496 e. The van der Waals surface area contributed by atoms with Gasteiger partial charge in [0.05, 0.1) is 12.8 Å². The van der Waals surface area contributed by atoms with Crippen molar-refractivity contribution in [1.29, 1.82) is 0 Å². The fourth-order valence-electron chi connectivity index (χ4n) is 3.93. The van der Waals surface area contributed by atoms with Gasteiger partial charge in [-0.3, -0.25) is 19.8 Å². The van der Waals surface area contributed by atoms with Crippen LogP contribution >= 0.6 is 12.2 Å². The number of rotatable bonds is 5. The summed E-state index contributed by atoms with van der Waals surface area (Å²) in [4.78, 5) is 27.6. The van der Waals surface area contributed by atoms with Gasteiger partial charge in [-0.2, -0.15) is 0 Å². The first-order valence-corrected chi connectivity index (χ1v) is 11.3. The minimum absolute atomic E-state index is 0.0127. The van der Waals surface area contributed by atoms with Crippen LogP contribution in [-0.2, 0) is 9.59 Å². The number of fused-ring (bicyclic) bond motifs is 1. The Morgan fingerprint density at radius 1 is 0.829 bits per heavy atom. The Balaban J connectivity index is 1.50. The molecule has 1 heterocycles. The van der Waals surface area contributed by atoms with E-state index in [1.54, 1.807) is 37.5 Å². The van der Waals surface area contributed by atoms with E-state index in [0.717, 1.165) is 10.8 Å². The van der Waals surface area contributed by atoms with Crippen molar-refractivity contribution in [2.24, 2.45) is 0 Å². The van der Waals surface area contributed by atoms with Crippen LogP contribution in [-0.4, -0.2) is 24.0 Å². The molecule has 6 nitrogen and oxygen atoms in total. The average Bonchev–Trinajstić information content (AvgIpc) is 2.88. The Morgan fingerprint density at radius 3 is 2.26 bits per heavy atom. The quantitative estimate of drug-likeness (QED) is 0.233. The third-order valence-corrected chi connectivity index (χ3v) is 5.90. The topological polar surface area (TPSA) is 67.9 Å². The monoisotopic (exact) mass is 480 g/mol. The van der Waals surface area contributed by atoms with Gasteiger partial charge in [0.25, 0.3) is 11.8 Å². The number of thiocarbonyl (C=S) groups is 1. The van der Waals surface area contributed by atoms with E-state index in [9.17, 15) is 9.59 Å². The summed E-state index contributed by atoms with van der Waals surface area (Å²) in [6.07, 6.45) is 1.56. The second-order valence-corrected chi connectivity index (χ2v) is 8.16. The van der Waals surface area contributed by atoms with E-state index >= 15 is 0 Å². The molecule has 1 aliphatic rings. The number of nitrogens with zero attached hydrogens (tertiary/aromatic N) is 1. The maximum absolute atomic E-state index is 13.5. The molecule has 0 aromatic heterocycles. The first kappa shape index (κ1) is 22.3. The lowest BCUT2D eigenvalue weighted by Crippen LogP contribution is -2.54. The van der Waals surface area contributed by atoms with Gasteiger partial charge < -0.3 is 9.47 Å². The number of nitrogens with one attached hydrogen (secondary N) is 1. The van der Waals surface area contributed by atoms with E-state index in [4.69, 9.17) is 21.7 Å². The summed E-state index contributed by atoms with van der Waals surface area (Å²) in [6.45, 7) is 0. The fraction of sp³-hybridized carbons (Fsp3) is 0.0357. The standard InChI is InChI=1S/C28H20N2O4S/c1-33-25-16-11-18-7-5-6-10-22(18)23(25)17-24-26(31)29-28(35)30(27(24)32)19-12-14-21(15-13-19)34-20-8-3-2-4-9-20/h2-17H,1H3,(H,29,31,35).